The lowest BCUT2D eigenvalue weighted by Gasteiger charge is -2.14. The van der Waals surface area contributed by atoms with Gasteiger partial charge in [-0.2, -0.15) is 0 Å². The summed E-state index contributed by atoms with van der Waals surface area (Å²) in [5, 5.41) is 5.68. The van der Waals surface area contributed by atoms with Gasteiger partial charge in [0.1, 0.15) is 0 Å². The molecule has 3 rings (SSSR count). The molecule has 0 aliphatic carbocycles. The Kier molecular flexibility index (Phi) is 7.05. The van der Waals surface area contributed by atoms with Crippen molar-refractivity contribution >= 4 is 17.5 Å². The van der Waals surface area contributed by atoms with Gasteiger partial charge in [-0.25, -0.2) is 0 Å². The highest BCUT2D eigenvalue weighted by Crippen LogP contribution is 2.38. The van der Waals surface area contributed by atoms with Gasteiger partial charge in [-0.3, -0.25) is 14.6 Å². The van der Waals surface area contributed by atoms with Crippen LogP contribution < -0.4 is 24.8 Å². The van der Waals surface area contributed by atoms with E-state index in [2.05, 4.69) is 15.6 Å². The van der Waals surface area contributed by atoms with Crippen LogP contribution in [-0.4, -0.2) is 38.1 Å². The Morgan fingerprint density at radius 1 is 0.871 bits per heavy atom. The molecule has 8 nitrogen and oxygen atoms in total. The van der Waals surface area contributed by atoms with Crippen molar-refractivity contribution in [1.82, 2.24) is 10.3 Å². The Morgan fingerprint density at radius 2 is 1.61 bits per heavy atom. The summed E-state index contributed by atoms with van der Waals surface area (Å²) >= 11 is 0. The van der Waals surface area contributed by atoms with Crippen LogP contribution in [0, 0.1) is 0 Å². The molecular formula is C23H23N3O5. The van der Waals surface area contributed by atoms with Crippen molar-refractivity contribution < 1.29 is 23.8 Å². The second-order valence-electron chi connectivity index (χ2n) is 6.49. The molecule has 0 unspecified atom stereocenters. The molecule has 0 aliphatic rings. The number of pyridine rings is 1. The van der Waals surface area contributed by atoms with Crippen LogP contribution in [0.2, 0.25) is 0 Å². The van der Waals surface area contributed by atoms with Gasteiger partial charge in [0.2, 0.25) is 5.75 Å². The van der Waals surface area contributed by atoms with Crippen molar-refractivity contribution in [2.24, 2.45) is 0 Å². The fraction of sp³-hybridized carbons (Fsp3) is 0.174. The zero-order valence-electron chi connectivity index (χ0n) is 17.5. The molecule has 0 aliphatic heterocycles. The van der Waals surface area contributed by atoms with Crippen LogP contribution in [0.25, 0.3) is 0 Å². The van der Waals surface area contributed by atoms with E-state index < -0.39 is 0 Å². The fourth-order valence-electron chi connectivity index (χ4n) is 2.96. The summed E-state index contributed by atoms with van der Waals surface area (Å²) in [5.41, 5.74) is 2.28. The standard InChI is InChI=1S/C23H23N3O5/c1-29-19-11-17(12-20(30-2)21(19)31-3)22(27)25-13-15-6-4-8-18(10-15)26-23(28)16-7-5-9-24-14-16/h4-12,14H,13H2,1-3H3,(H,25,27)(H,26,28). The van der Waals surface area contributed by atoms with E-state index in [-0.39, 0.29) is 18.4 Å². The Morgan fingerprint density at radius 3 is 2.23 bits per heavy atom. The molecule has 2 aromatic carbocycles. The van der Waals surface area contributed by atoms with Gasteiger partial charge in [0.05, 0.1) is 26.9 Å². The number of benzene rings is 2. The minimum absolute atomic E-state index is 0.258. The molecule has 0 atom stereocenters. The topological polar surface area (TPSA) is 98.8 Å². The molecule has 2 N–H and O–H groups in total. The summed E-state index contributed by atoms with van der Waals surface area (Å²) in [6.45, 7) is 0.270. The zero-order valence-corrected chi connectivity index (χ0v) is 17.5. The summed E-state index contributed by atoms with van der Waals surface area (Å²) in [6, 6.07) is 13.8. The third-order valence-corrected chi connectivity index (χ3v) is 4.49. The van der Waals surface area contributed by atoms with Gasteiger partial charge in [0, 0.05) is 30.2 Å². The minimum Gasteiger partial charge on any atom is -0.493 e. The first-order chi connectivity index (χ1) is 15.0. The summed E-state index contributed by atoms with van der Waals surface area (Å²) in [4.78, 5) is 28.9. The number of methoxy groups -OCH3 is 3. The maximum absolute atomic E-state index is 12.7. The average Bonchev–Trinajstić information content (AvgIpc) is 2.82. The van der Waals surface area contributed by atoms with E-state index in [1.165, 1.54) is 27.5 Å². The number of hydrogen-bond acceptors (Lipinski definition) is 6. The lowest BCUT2D eigenvalue weighted by Crippen LogP contribution is -2.23. The van der Waals surface area contributed by atoms with Gasteiger partial charge >= 0.3 is 0 Å². The maximum Gasteiger partial charge on any atom is 0.257 e. The van der Waals surface area contributed by atoms with Crippen molar-refractivity contribution in [3.05, 3.63) is 77.6 Å². The van der Waals surface area contributed by atoms with Gasteiger partial charge < -0.3 is 24.8 Å². The highest BCUT2D eigenvalue weighted by Gasteiger charge is 2.17. The Balaban J connectivity index is 1.68. The number of nitrogens with one attached hydrogen (secondary N) is 2. The molecule has 0 spiro atoms. The lowest BCUT2D eigenvalue weighted by molar-refractivity contribution is 0.0949. The molecule has 0 saturated heterocycles. The number of hydrogen-bond donors (Lipinski definition) is 2. The summed E-state index contributed by atoms with van der Waals surface area (Å²) < 4.78 is 15.9. The molecular weight excluding hydrogens is 398 g/mol. The van der Waals surface area contributed by atoms with Gasteiger partial charge in [0.15, 0.2) is 11.5 Å². The number of amides is 2. The van der Waals surface area contributed by atoms with Gasteiger partial charge in [-0.15, -0.1) is 0 Å². The van der Waals surface area contributed by atoms with Crippen LogP contribution in [-0.2, 0) is 6.54 Å². The van der Waals surface area contributed by atoms with E-state index in [1.807, 2.05) is 6.07 Å². The SMILES string of the molecule is COc1cc(C(=O)NCc2cccc(NC(=O)c3cccnc3)c2)cc(OC)c1OC. The number of carbonyl (C=O) groups excluding carboxylic acids is 2. The predicted molar refractivity (Wildman–Crippen MR) is 116 cm³/mol. The van der Waals surface area contributed by atoms with E-state index in [0.29, 0.717) is 34.1 Å². The molecule has 0 saturated carbocycles. The zero-order chi connectivity index (χ0) is 22.2. The fourth-order valence-corrected chi connectivity index (χ4v) is 2.96. The van der Waals surface area contributed by atoms with Crippen molar-refractivity contribution in [2.45, 2.75) is 6.54 Å². The highest BCUT2D eigenvalue weighted by atomic mass is 16.5. The van der Waals surface area contributed by atoms with E-state index in [4.69, 9.17) is 14.2 Å². The van der Waals surface area contributed by atoms with Gasteiger partial charge in [0.25, 0.3) is 11.8 Å². The molecule has 1 aromatic heterocycles. The number of anilines is 1. The molecule has 3 aromatic rings. The largest absolute Gasteiger partial charge is 0.493 e. The molecule has 0 fully saturated rings. The maximum atomic E-state index is 12.7. The van der Waals surface area contributed by atoms with Crippen molar-refractivity contribution in [3.63, 3.8) is 0 Å². The second-order valence-corrected chi connectivity index (χ2v) is 6.49. The van der Waals surface area contributed by atoms with Gasteiger partial charge in [-0.1, -0.05) is 12.1 Å². The van der Waals surface area contributed by atoms with Crippen LogP contribution in [0.5, 0.6) is 17.2 Å². The number of carbonyl (C=O) groups is 2. The number of ether oxygens (including phenoxy) is 3. The first-order valence-electron chi connectivity index (χ1n) is 9.44. The van der Waals surface area contributed by atoms with Crippen LogP contribution >= 0.6 is 0 Å². The lowest BCUT2D eigenvalue weighted by atomic mass is 10.1. The summed E-state index contributed by atoms with van der Waals surface area (Å²) in [6.07, 6.45) is 3.10. The van der Waals surface area contributed by atoms with Gasteiger partial charge in [-0.05, 0) is 42.0 Å². The number of rotatable bonds is 8. The molecule has 160 valence electrons. The Bertz CT molecular complexity index is 1040. The van der Waals surface area contributed by atoms with Crippen LogP contribution in [0.15, 0.2) is 60.9 Å². The Labute approximate surface area is 180 Å². The first kappa shape index (κ1) is 21.6. The van der Waals surface area contributed by atoms with Crippen LogP contribution in [0.3, 0.4) is 0 Å². The number of nitrogens with zero attached hydrogens (tertiary/aromatic N) is 1. The monoisotopic (exact) mass is 421 g/mol. The van der Waals surface area contributed by atoms with Crippen molar-refractivity contribution in [1.29, 1.82) is 0 Å². The van der Waals surface area contributed by atoms with E-state index in [0.717, 1.165) is 5.56 Å². The van der Waals surface area contributed by atoms with Crippen LogP contribution in [0.1, 0.15) is 26.3 Å². The normalized spacial score (nSPS) is 10.2. The van der Waals surface area contributed by atoms with Crippen LogP contribution in [0.4, 0.5) is 5.69 Å². The quantitative estimate of drug-likeness (QED) is 0.579. The van der Waals surface area contributed by atoms with E-state index in [1.54, 1.807) is 48.7 Å². The average molecular weight is 421 g/mol. The van der Waals surface area contributed by atoms with E-state index in [9.17, 15) is 9.59 Å². The minimum atomic E-state index is -0.302. The molecule has 2 amide bonds. The predicted octanol–water partition coefficient (Wildman–Crippen LogP) is 3.29. The van der Waals surface area contributed by atoms with Crippen molar-refractivity contribution in [2.75, 3.05) is 26.6 Å². The smallest absolute Gasteiger partial charge is 0.257 e. The Hall–Kier alpha value is -4.07. The molecule has 0 bridgehead atoms. The third-order valence-electron chi connectivity index (χ3n) is 4.49. The van der Waals surface area contributed by atoms with E-state index >= 15 is 0 Å². The first-order valence-corrected chi connectivity index (χ1v) is 9.44. The summed E-state index contributed by atoms with van der Waals surface area (Å²) in [7, 11) is 4.48. The molecule has 1 heterocycles. The third kappa shape index (κ3) is 5.30. The van der Waals surface area contributed by atoms with Crippen molar-refractivity contribution in [3.8, 4) is 17.2 Å². The number of aromatic nitrogens is 1. The molecule has 31 heavy (non-hydrogen) atoms. The highest BCUT2D eigenvalue weighted by molar-refractivity contribution is 6.04. The molecule has 0 radical (unpaired) electrons. The molecule has 8 heteroatoms. The summed E-state index contributed by atoms with van der Waals surface area (Å²) in [5.74, 6) is 0.647. The second kappa shape index (κ2) is 10.1.